The minimum Gasteiger partial charge on any atom is -0.364 e. The van der Waals surface area contributed by atoms with Crippen LogP contribution in [0.4, 0.5) is 0 Å². The zero-order chi connectivity index (χ0) is 17.0. The molecule has 2 aromatic rings. The summed E-state index contributed by atoms with van der Waals surface area (Å²) in [7, 11) is -3.56. The summed E-state index contributed by atoms with van der Waals surface area (Å²) in [6, 6.07) is 7.75. The third-order valence-electron chi connectivity index (χ3n) is 3.63. The topological polar surface area (TPSA) is 92.5 Å². The highest BCUT2D eigenvalue weighted by Crippen LogP contribution is 2.21. The van der Waals surface area contributed by atoms with Gasteiger partial charge in [0.1, 0.15) is 12.0 Å². The van der Waals surface area contributed by atoms with Crippen molar-refractivity contribution >= 4 is 27.7 Å². The fourth-order valence-corrected chi connectivity index (χ4v) is 4.96. The van der Waals surface area contributed by atoms with E-state index in [-0.39, 0.29) is 17.3 Å². The molecule has 1 saturated heterocycles. The first-order valence-electron chi connectivity index (χ1n) is 7.43. The molecule has 9 heteroatoms. The summed E-state index contributed by atoms with van der Waals surface area (Å²) < 4.78 is 31.5. The molecule has 7 nitrogen and oxygen atoms in total. The second kappa shape index (κ2) is 7.37. The van der Waals surface area contributed by atoms with Gasteiger partial charge in [0, 0.05) is 36.2 Å². The van der Waals surface area contributed by atoms with Gasteiger partial charge in [-0.1, -0.05) is 11.2 Å². The maximum atomic E-state index is 12.7. The number of aromatic nitrogens is 1. The monoisotopic (exact) mass is 367 g/mol. The quantitative estimate of drug-likeness (QED) is 0.857. The van der Waals surface area contributed by atoms with Gasteiger partial charge in [0.2, 0.25) is 10.0 Å². The summed E-state index contributed by atoms with van der Waals surface area (Å²) in [5, 5.41) is 6.39. The number of rotatable bonds is 5. The van der Waals surface area contributed by atoms with Crippen LogP contribution in [0.15, 0.2) is 46.0 Å². The summed E-state index contributed by atoms with van der Waals surface area (Å²) >= 11 is 1.74. The van der Waals surface area contributed by atoms with E-state index in [1.54, 1.807) is 30.0 Å². The van der Waals surface area contributed by atoms with Crippen LogP contribution in [0, 0.1) is 0 Å². The molecule has 128 valence electrons. The average molecular weight is 367 g/mol. The van der Waals surface area contributed by atoms with Crippen molar-refractivity contribution in [2.24, 2.45) is 0 Å². The smallest absolute Gasteiger partial charge is 0.251 e. The van der Waals surface area contributed by atoms with E-state index < -0.39 is 10.0 Å². The second-order valence-corrected chi connectivity index (χ2v) is 8.38. The number of hydrogen-bond acceptors (Lipinski definition) is 6. The molecular weight excluding hydrogens is 350 g/mol. The van der Waals surface area contributed by atoms with Gasteiger partial charge in [-0.3, -0.25) is 4.79 Å². The molecule has 0 atom stereocenters. The van der Waals surface area contributed by atoms with Gasteiger partial charge < -0.3 is 9.84 Å². The highest BCUT2D eigenvalue weighted by atomic mass is 32.2. The van der Waals surface area contributed by atoms with Crippen molar-refractivity contribution in [3.05, 3.63) is 47.9 Å². The van der Waals surface area contributed by atoms with E-state index in [1.807, 2.05) is 0 Å². The molecule has 0 saturated carbocycles. The standard InChI is InChI=1S/C15H17N3O4S2/c19-15(16-11-13-4-7-22-17-13)12-2-1-3-14(10-12)24(20,21)18-5-8-23-9-6-18/h1-4,7,10H,5-6,8-9,11H2,(H,16,19). The Bertz CT molecular complexity index is 800. The lowest BCUT2D eigenvalue weighted by atomic mass is 10.2. The summed E-state index contributed by atoms with van der Waals surface area (Å²) in [4.78, 5) is 12.4. The molecule has 1 fully saturated rings. The zero-order valence-electron chi connectivity index (χ0n) is 12.8. The first kappa shape index (κ1) is 17.0. The molecule has 0 radical (unpaired) electrons. The van der Waals surface area contributed by atoms with Crippen molar-refractivity contribution in [3.63, 3.8) is 0 Å². The van der Waals surface area contributed by atoms with E-state index in [1.165, 1.54) is 22.7 Å². The molecule has 0 aliphatic carbocycles. The van der Waals surface area contributed by atoms with Gasteiger partial charge in [-0.15, -0.1) is 0 Å². The normalized spacial score (nSPS) is 16.0. The van der Waals surface area contributed by atoms with E-state index in [0.717, 1.165) is 11.5 Å². The number of thioether (sulfide) groups is 1. The van der Waals surface area contributed by atoms with Crippen LogP contribution in [0.5, 0.6) is 0 Å². The van der Waals surface area contributed by atoms with Crippen LogP contribution >= 0.6 is 11.8 Å². The zero-order valence-corrected chi connectivity index (χ0v) is 14.5. The first-order chi connectivity index (χ1) is 11.6. The summed E-state index contributed by atoms with van der Waals surface area (Å²) in [6.07, 6.45) is 1.42. The third-order valence-corrected chi connectivity index (χ3v) is 6.46. The molecule has 0 spiro atoms. The minimum atomic E-state index is -3.56. The van der Waals surface area contributed by atoms with Gasteiger partial charge in [0.25, 0.3) is 5.91 Å². The number of nitrogens with one attached hydrogen (secondary N) is 1. The molecule has 1 aliphatic rings. The van der Waals surface area contributed by atoms with Gasteiger partial charge in [0.05, 0.1) is 11.4 Å². The lowest BCUT2D eigenvalue weighted by Gasteiger charge is -2.25. The maximum absolute atomic E-state index is 12.7. The van der Waals surface area contributed by atoms with E-state index in [2.05, 4.69) is 10.5 Å². The van der Waals surface area contributed by atoms with Crippen LogP contribution in [-0.4, -0.2) is 48.4 Å². The predicted molar refractivity (Wildman–Crippen MR) is 90.2 cm³/mol. The summed E-state index contributed by atoms with van der Waals surface area (Å²) in [6.45, 7) is 1.21. The molecule has 1 aromatic heterocycles. The highest BCUT2D eigenvalue weighted by molar-refractivity contribution is 7.99. The van der Waals surface area contributed by atoms with Gasteiger partial charge >= 0.3 is 0 Å². The molecule has 24 heavy (non-hydrogen) atoms. The van der Waals surface area contributed by atoms with Crippen molar-refractivity contribution in [2.45, 2.75) is 11.4 Å². The molecule has 3 rings (SSSR count). The Hall–Kier alpha value is -1.84. The second-order valence-electron chi connectivity index (χ2n) is 5.22. The Balaban J connectivity index is 1.74. The van der Waals surface area contributed by atoms with E-state index in [9.17, 15) is 13.2 Å². The predicted octanol–water partition coefficient (Wildman–Crippen LogP) is 1.34. The largest absolute Gasteiger partial charge is 0.364 e. The van der Waals surface area contributed by atoms with Gasteiger partial charge in [-0.05, 0) is 18.2 Å². The minimum absolute atomic E-state index is 0.142. The number of benzene rings is 1. The average Bonchev–Trinajstić information content (AvgIpc) is 3.14. The van der Waals surface area contributed by atoms with Crippen LogP contribution in [0.3, 0.4) is 0 Å². The molecule has 1 N–H and O–H groups in total. The SMILES string of the molecule is O=C(NCc1ccon1)c1cccc(S(=O)(=O)N2CCSCC2)c1. The molecule has 1 aromatic carbocycles. The van der Waals surface area contributed by atoms with Gasteiger partial charge in [-0.25, -0.2) is 8.42 Å². The van der Waals surface area contributed by atoms with Crippen LogP contribution in [0.25, 0.3) is 0 Å². The Morgan fingerprint density at radius 3 is 2.79 bits per heavy atom. The number of hydrogen-bond donors (Lipinski definition) is 1. The van der Waals surface area contributed by atoms with Gasteiger partial charge in [0.15, 0.2) is 0 Å². The highest BCUT2D eigenvalue weighted by Gasteiger charge is 2.26. The van der Waals surface area contributed by atoms with Crippen molar-refractivity contribution in [2.75, 3.05) is 24.6 Å². The fourth-order valence-electron chi connectivity index (χ4n) is 2.34. The molecule has 1 aliphatic heterocycles. The van der Waals surface area contributed by atoms with E-state index >= 15 is 0 Å². The van der Waals surface area contributed by atoms with Crippen LogP contribution in [0.1, 0.15) is 16.1 Å². The van der Waals surface area contributed by atoms with Crippen LogP contribution < -0.4 is 5.32 Å². The van der Waals surface area contributed by atoms with Crippen molar-refractivity contribution < 1.29 is 17.7 Å². The molecule has 1 amide bonds. The lowest BCUT2D eigenvalue weighted by molar-refractivity contribution is 0.0950. The first-order valence-corrected chi connectivity index (χ1v) is 10.0. The van der Waals surface area contributed by atoms with Crippen molar-refractivity contribution in [1.82, 2.24) is 14.8 Å². The number of carbonyl (C=O) groups excluding carboxylic acids is 1. The Morgan fingerprint density at radius 1 is 1.29 bits per heavy atom. The number of amides is 1. The fraction of sp³-hybridized carbons (Fsp3) is 0.333. The van der Waals surface area contributed by atoms with Gasteiger partial charge in [-0.2, -0.15) is 16.1 Å². The van der Waals surface area contributed by atoms with Crippen molar-refractivity contribution in [1.29, 1.82) is 0 Å². The Morgan fingerprint density at radius 2 is 2.08 bits per heavy atom. The van der Waals surface area contributed by atoms with Crippen LogP contribution in [-0.2, 0) is 16.6 Å². The van der Waals surface area contributed by atoms with E-state index in [4.69, 9.17) is 4.52 Å². The van der Waals surface area contributed by atoms with Crippen LogP contribution in [0.2, 0.25) is 0 Å². The molecule has 0 unspecified atom stereocenters. The van der Waals surface area contributed by atoms with E-state index in [0.29, 0.717) is 24.3 Å². The summed E-state index contributed by atoms with van der Waals surface area (Å²) in [5.41, 5.74) is 0.892. The molecule has 0 bridgehead atoms. The Kier molecular flexibility index (Phi) is 5.22. The van der Waals surface area contributed by atoms with Crippen molar-refractivity contribution in [3.8, 4) is 0 Å². The maximum Gasteiger partial charge on any atom is 0.251 e. The lowest BCUT2D eigenvalue weighted by Crippen LogP contribution is -2.38. The number of carbonyl (C=O) groups is 1. The third kappa shape index (κ3) is 3.80. The number of sulfonamides is 1. The Labute approximate surface area is 144 Å². The molecular formula is C15H17N3O4S2. The summed E-state index contributed by atoms with van der Waals surface area (Å²) in [5.74, 6) is 1.22. The molecule has 2 heterocycles. The number of nitrogens with zero attached hydrogens (tertiary/aromatic N) is 2.